The van der Waals surface area contributed by atoms with Gasteiger partial charge in [-0.15, -0.1) is 0 Å². The minimum Gasteiger partial charge on any atom is -0.355 e. The smallest absolute Gasteiger partial charge is 0.225 e. The van der Waals surface area contributed by atoms with Crippen LogP contribution in [0.4, 0.5) is 11.6 Å². The first-order valence-corrected chi connectivity index (χ1v) is 16.2. The van der Waals surface area contributed by atoms with Crippen LogP contribution in [0.1, 0.15) is 130 Å². The molecule has 2 heterocycles. The van der Waals surface area contributed by atoms with Gasteiger partial charge in [0.2, 0.25) is 10.6 Å². The zero-order chi connectivity index (χ0) is 27.6. The molecule has 2 aromatic rings. The number of halogens is 2. The summed E-state index contributed by atoms with van der Waals surface area (Å²) in [5.74, 6) is 1.60. The number of fused-ring (bicyclic) bond motifs is 1. The van der Waals surface area contributed by atoms with Crippen LogP contribution >= 0.6 is 23.2 Å². The van der Waals surface area contributed by atoms with Crippen LogP contribution < -0.4 is 9.80 Å². The monoisotopic (exact) mass is 566 g/mol. The van der Waals surface area contributed by atoms with Crippen molar-refractivity contribution < 1.29 is 0 Å². The minimum atomic E-state index is 0.253. The third-order valence-electron chi connectivity index (χ3n) is 7.18. The summed E-state index contributed by atoms with van der Waals surface area (Å²) in [5.41, 5.74) is 1.45. The Morgan fingerprint density at radius 2 is 0.711 bits per heavy atom. The second-order valence-corrected chi connectivity index (χ2v) is 11.2. The largest absolute Gasteiger partial charge is 0.355 e. The number of rotatable bonds is 22. The van der Waals surface area contributed by atoms with Crippen LogP contribution in [-0.2, 0) is 0 Å². The number of hydrogen-bond donors (Lipinski definition) is 0. The normalized spacial score (nSPS) is 11.4. The van der Waals surface area contributed by atoms with Gasteiger partial charge in [0.05, 0.1) is 0 Å². The highest BCUT2D eigenvalue weighted by molar-refractivity contribution is 6.30. The molecular weight excluding hydrogens is 515 g/mol. The molecule has 0 aliphatic rings. The van der Waals surface area contributed by atoms with Crippen molar-refractivity contribution in [3.8, 4) is 0 Å². The van der Waals surface area contributed by atoms with Crippen LogP contribution in [0.2, 0.25) is 10.6 Å². The summed E-state index contributed by atoms with van der Waals surface area (Å²) in [6.07, 6.45) is 19.2. The number of hydrogen-bond acceptors (Lipinski definition) is 6. The van der Waals surface area contributed by atoms with Crippen molar-refractivity contribution in [3.63, 3.8) is 0 Å². The van der Waals surface area contributed by atoms with E-state index >= 15 is 0 Å². The Labute approximate surface area is 242 Å². The van der Waals surface area contributed by atoms with Gasteiger partial charge in [0.15, 0.2) is 11.6 Å². The lowest BCUT2D eigenvalue weighted by Gasteiger charge is -2.27. The van der Waals surface area contributed by atoms with Crippen molar-refractivity contribution in [2.75, 3.05) is 36.0 Å². The molecule has 216 valence electrons. The fraction of sp³-hybridized carbons (Fsp3) is 0.800. The van der Waals surface area contributed by atoms with Crippen molar-refractivity contribution in [1.82, 2.24) is 19.9 Å². The Morgan fingerprint density at radius 3 is 0.974 bits per heavy atom. The summed E-state index contributed by atoms with van der Waals surface area (Å²) in [6, 6.07) is 0. The third-order valence-corrected chi connectivity index (χ3v) is 7.52. The Morgan fingerprint density at radius 1 is 0.421 bits per heavy atom. The van der Waals surface area contributed by atoms with Crippen LogP contribution in [0.3, 0.4) is 0 Å². The van der Waals surface area contributed by atoms with Gasteiger partial charge in [-0.2, -0.15) is 9.97 Å². The highest BCUT2D eigenvalue weighted by atomic mass is 35.5. The first-order chi connectivity index (χ1) is 18.5. The molecule has 0 spiro atoms. The summed E-state index contributed by atoms with van der Waals surface area (Å²) in [5, 5.41) is 0.507. The molecule has 0 atom stereocenters. The molecule has 0 saturated carbocycles. The standard InChI is InChI=1S/C30H52Cl2N6/c1-5-9-13-17-21-37(22-18-14-10-6-2)27-25-26(34-29(31)35-27)28(36-30(32)33-25)38(23-19-15-11-7-3)24-20-16-12-8-4/h5-24H2,1-4H3. The lowest BCUT2D eigenvalue weighted by Crippen LogP contribution is -2.29. The first kappa shape index (κ1) is 32.8. The molecule has 0 N–H and O–H groups in total. The zero-order valence-electron chi connectivity index (χ0n) is 24.6. The lowest BCUT2D eigenvalue weighted by molar-refractivity contribution is 0.604. The molecule has 0 aliphatic carbocycles. The molecule has 0 unspecified atom stereocenters. The van der Waals surface area contributed by atoms with Gasteiger partial charge < -0.3 is 9.80 Å². The maximum Gasteiger partial charge on any atom is 0.225 e. The van der Waals surface area contributed by atoms with Crippen molar-refractivity contribution in [1.29, 1.82) is 0 Å². The predicted octanol–water partition coefficient (Wildman–Crippen LogP) is 9.66. The molecule has 0 aliphatic heterocycles. The molecule has 8 heteroatoms. The second-order valence-electron chi connectivity index (χ2n) is 10.5. The fourth-order valence-corrected chi connectivity index (χ4v) is 5.27. The van der Waals surface area contributed by atoms with Crippen LogP contribution in [0.5, 0.6) is 0 Å². The quantitative estimate of drug-likeness (QED) is 0.104. The summed E-state index contributed by atoms with van der Waals surface area (Å²) in [4.78, 5) is 23.6. The van der Waals surface area contributed by atoms with Gasteiger partial charge in [0.1, 0.15) is 11.0 Å². The maximum absolute atomic E-state index is 6.59. The van der Waals surface area contributed by atoms with Gasteiger partial charge in [-0.25, -0.2) is 9.97 Å². The highest BCUT2D eigenvalue weighted by Gasteiger charge is 2.22. The molecule has 6 nitrogen and oxygen atoms in total. The molecule has 0 radical (unpaired) electrons. The van der Waals surface area contributed by atoms with Gasteiger partial charge in [-0.05, 0) is 48.9 Å². The average Bonchev–Trinajstić information content (AvgIpc) is 2.91. The van der Waals surface area contributed by atoms with Crippen LogP contribution in [0.15, 0.2) is 0 Å². The molecule has 0 amide bonds. The second kappa shape index (κ2) is 19.6. The van der Waals surface area contributed by atoms with Crippen molar-refractivity contribution in [3.05, 3.63) is 10.6 Å². The number of anilines is 2. The van der Waals surface area contributed by atoms with E-state index in [0.717, 1.165) is 74.5 Å². The van der Waals surface area contributed by atoms with Crippen molar-refractivity contribution in [2.24, 2.45) is 0 Å². The van der Waals surface area contributed by atoms with Gasteiger partial charge in [-0.1, -0.05) is 105 Å². The van der Waals surface area contributed by atoms with E-state index in [2.05, 4.69) is 37.5 Å². The van der Waals surface area contributed by atoms with Crippen molar-refractivity contribution >= 4 is 45.9 Å². The van der Waals surface area contributed by atoms with E-state index in [1.54, 1.807) is 0 Å². The molecule has 0 aromatic carbocycles. The number of nitrogens with zero attached hydrogens (tertiary/aromatic N) is 6. The Bertz CT molecular complexity index is 813. The van der Waals surface area contributed by atoms with E-state index in [0.29, 0.717) is 0 Å². The summed E-state index contributed by atoms with van der Waals surface area (Å²) in [6.45, 7) is 12.7. The van der Waals surface area contributed by atoms with E-state index in [9.17, 15) is 0 Å². The summed E-state index contributed by atoms with van der Waals surface area (Å²) < 4.78 is 0. The van der Waals surface area contributed by atoms with Crippen LogP contribution in [0.25, 0.3) is 11.0 Å². The first-order valence-electron chi connectivity index (χ1n) is 15.5. The zero-order valence-corrected chi connectivity index (χ0v) is 26.1. The summed E-state index contributed by atoms with van der Waals surface area (Å²) in [7, 11) is 0. The van der Waals surface area contributed by atoms with E-state index in [4.69, 9.17) is 43.1 Å². The Balaban J connectivity index is 2.45. The van der Waals surface area contributed by atoms with E-state index in [-0.39, 0.29) is 10.6 Å². The number of aromatic nitrogens is 4. The van der Waals surface area contributed by atoms with Gasteiger partial charge in [0.25, 0.3) is 0 Å². The third kappa shape index (κ3) is 11.4. The fourth-order valence-electron chi connectivity index (χ4n) is 4.94. The highest BCUT2D eigenvalue weighted by Crippen LogP contribution is 2.32. The van der Waals surface area contributed by atoms with E-state index < -0.39 is 0 Å². The topological polar surface area (TPSA) is 58.0 Å². The summed E-state index contributed by atoms with van der Waals surface area (Å²) >= 11 is 13.2. The molecule has 38 heavy (non-hydrogen) atoms. The van der Waals surface area contributed by atoms with Crippen LogP contribution in [-0.4, -0.2) is 46.1 Å². The molecule has 2 aromatic heterocycles. The Kier molecular flexibility index (Phi) is 16.9. The van der Waals surface area contributed by atoms with Gasteiger partial charge in [0, 0.05) is 26.2 Å². The lowest BCUT2D eigenvalue weighted by atomic mass is 10.1. The maximum atomic E-state index is 6.59. The van der Waals surface area contributed by atoms with E-state index in [1.165, 1.54) is 77.0 Å². The van der Waals surface area contributed by atoms with E-state index in [1.807, 2.05) is 0 Å². The van der Waals surface area contributed by atoms with Gasteiger partial charge >= 0.3 is 0 Å². The molecular formula is C30H52Cl2N6. The molecule has 0 fully saturated rings. The predicted molar refractivity (Wildman–Crippen MR) is 166 cm³/mol. The van der Waals surface area contributed by atoms with Crippen molar-refractivity contribution in [2.45, 2.75) is 130 Å². The molecule has 0 saturated heterocycles. The SMILES string of the molecule is CCCCCCN(CCCCCC)c1nc(Cl)nc2c(N(CCCCCC)CCCCCC)nc(Cl)nc12. The average molecular weight is 568 g/mol. The molecule has 0 bridgehead atoms. The minimum absolute atomic E-state index is 0.253. The number of unbranched alkanes of at least 4 members (excludes halogenated alkanes) is 12. The van der Waals surface area contributed by atoms with Crippen LogP contribution in [0, 0.1) is 0 Å². The molecule has 2 rings (SSSR count). The van der Waals surface area contributed by atoms with Gasteiger partial charge in [-0.3, -0.25) is 0 Å². The Hall–Kier alpha value is -1.40.